The highest BCUT2D eigenvalue weighted by Crippen LogP contribution is 2.30. The molecule has 3 aromatic rings. The zero-order chi connectivity index (χ0) is 26.4. The second-order valence-corrected chi connectivity index (χ2v) is 16.8. The molecule has 1 heteroatoms. The van der Waals surface area contributed by atoms with Crippen molar-refractivity contribution in [2.45, 2.75) is 105 Å². The van der Waals surface area contributed by atoms with Gasteiger partial charge in [0.05, 0.1) is 0 Å². The van der Waals surface area contributed by atoms with Crippen molar-refractivity contribution in [2.75, 3.05) is 0 Å². The predicted octanol–water partition coefficient (Wildman–Crippen LogP) is 7.39. The summed E-state index contributed by atoms with van der Waals surface area (Å²) >= 11 is 0. The van der Waals surface area contributed by atoms with Crippen LogP contribution in [0.3, 0.4) is 0 Å². The van der Waals surface area contributed by atoms with Crippen LogP contribution < -0.4 is 15.6 Å². The Hall–Kier alpha value is -2.12. The molecule has 0 saturated carbocycles. The van der Waals surface area contributed by atoms with Gasteiger partial charge < -0.3 is 0 Å². The van der Waals surface area contributed by atoms with E-state index in [0.717, 1.165) is 0 Å². The highest BCUT2D eigenvalue weighted by molar-refractivity contribution is 6.95. The lowest BCUT2D eigenvalue weighted by atomic mass is 9.81. The first-order chi connectivity index (χ1) is 15.9. The van der Waals surface area contributed by atoms with Crippen molar-refractivity contribution in [2.24, 2.45) is 0 Å². The number of hydrogen-bond acceptors (Lipinski definition) is 0. The maximum Gasteiger partial charge on any atom is 0.154 e. The molecule has 0 nitrogen and oxygen atoms in total. The Kier molecular flexibility index (Phi) is 7.37. The van der Waals surface area contributed by atoms with Gasteiger partial charge >= 0.3 is 0 Å². The van der Waals surface area contributed by atoms with E-state index in [-0.39, 0.29) is 21.7 Å². The van der Waals surface area contributed by atoms with Crippen molar-refractivity contribution in [3.8, 4) is 0 Å². The number of hydrogen-bond donors (Lipinski definition) is 0. The highest BCUT2D eigenvalue weighted by Gasteiger charge is 2.28. The molecule has 0 aliphatic heterocycles. The minimum Gasteiger partial charge on any atom is -0.0624 e. The first-order valence-corrected chi connectivity index (χ1v) is 14.6. The summed E-state index contributed by atoms with van der Waals surface area (Å²) in [5, 5.41) is 4.43. The Morgan fingerprint density at radius 1 is 0.371 bits per heavy atom. The zero-order valence-electron chi connectivity index (χ0n) is 24.4. The minimum atomic E-state index is -1.20. The molecule has 0 saturated heterocycles. The maximum absolute atomic E-state index is 2.51. The van der Waals surface area contributed by atoms with E-state index in [1.807, 2.05) is 0 Å². The lowest BCUT2D eigenvalue weighted by Crippen LogP contribution is -2.53. The fourth-order valence-electron chi connectivity index (χ4n) is 4.38. The van der Waals surface area contributed by atoms with Crippen LogP contribution in [0.25, 0.3) is 0 Å². The normalized spacial score (nSPS) is 13.4. The summed E-state index contributed by atoms with van der Waals surface area (Å²) in [5.74, 6) is 0. The molecule has 1 radical (unpaired) electrons. The maximum atomic E-state index is 2.51. The highest BCUT2D eigenvalue weighted by atomic mass is 28.3. The van der Waals surface area contributed by atoms with Crippen molar-refractivity contribution in [1.82, 2.24) is 0 Å². The van der Waals surface area contributed by atoms with Gasteiger partial charge in [-0.15, -0.1) is 0 Å². The first-order valence-electron chi connectivity index (χ1n) is 13.1. The van der Waals surface area contributed by atoms with Crippen molar-refractivity contribution in [1.29, 1.82) is 0 Å². The SMILES string of the molecule is CC(C)(C)c1cc([Si](c2ccccc2)c2cc(C(C)(C)C)cc(C(C)(C)C)c2)cc(C(C)(C)C)c1. The summed E-state index contributed by atoms with van der Waals surface area (Å²) in [5.41, 5.74) is 6.13. The lowest BCUT2D eigenvalue weighted by molar-refractivity contribution is 0.569. The largest absolute Gasteiger partial charge is 0.154 e. The van der Waals surface area contributed by atoms with Gasteiger partial charge in [0.1, 0.15) is 0 Å². The molecular formula is C34H47Si. The lowest BCUT2D eigenvalue weighted by Gasteiger charge is -2.30. The van der Waals surface area contributed by atoms with Gasteiger partial charge in [-0.3, -0.25) is 0 Å². The van der Waals surface area contributed by atoms with Crippen LogP contribution in [-0.2, 0) is 21.7 Å². The van der Waals surface area contributed by atoms with Gasteiger partial charge in [0.25, 0.3) is 0 Å². The van der Waals surface area contributed by atoms with Crippen molar-refractivity contribution < 1.29 is 0 Å². The second-order valence-electron chi connectivity index (χ2n) is 14.3. The van der Waals surface area contributed by atoms with Crippen LogP contribution >= 0.6 is 0 Å². The Balaban J connectivity index is 2.40. The second kappa shape index (κ2) is 9.39. The monoisotopic (exact) mass is 483 g/mol. The van der Waals surface area contributed by atoms with E-state index >= 15 is 0 Å². The molecule has 0 bridgehead atoms. The quantitative estimate of drug-likeness (QED) is 0.269. The molecule has 0 heterocycles. The molecule has 0 amide bonds. The van der Waals surface area contributed by atoms with E-state index < -0.39 is 8.80 Å². The van der Waals surface area contributed by atoms with Crippen LogP contribution in [0.15, 0.2) is 66.7 Å². The summed E-state index contributed by atoms with van der Waals surface area (Å²) in [4.78, 5) is 0. The average molecular weight is 484 g/mol. The molecule has 0 aliphatic carbocycles. The summed E-state index contributed by atoms with van der Waals surface area (Å²) < 4.78 is 0. The third kappa shape index (κ3) is 6.56. The Morgan fingerprint density at radius 3 is 0.914 bits per heavy atom. The van der Waals surface area contributed by atoms with Crippen LogP contribution in [0.2, 0.25) is 0 Å². The van der Waals surface area contributed by atoms with Crippen molar-refractivity contribution >= 4 is 24.4 Å². The van der Waals surface area contributed by atoms with Gasteiger partial charge in [0, 0.05) is 0 Å². The van der Waals surface area contributed by atoms with Crippen molar-refractivity contribution in [3.05, 3.63) is 89.0 Å². The Labute approximate surface area is 217 Å². The van der Waals surface area contributed by atoms with Gasteiger partial charge in [-0.05, 0) is 43.9 Å². The van der Waals surface area contributed by atoms with E-state index in [4.69, 9.17) is 0 Å². The van der Waals surface area contributed by atoms with Gasteiger partial charge in [-0.2, -0.15) is 0 Å². The van der Waals surface area contributed by atoms with E-state index in [1.165, 1.54) is 37.8 Å². The third-order valence-electron chi connectivity index (χ3n) is 6.97. The summed E-state index contributed by atoms with van der Waals surface area (Å²) in [6, 6.07) is 26.2. The molecule has 0 atom stereocenters. The van der Waals surface area contributed by atoms with E-state index in [2.05, 4.69) is 150 Å². The summed E-state index contributed by atoms with van der Waals surface area (Å²) in [7, 11) is -1.20. The van der Waals surface area contributed by atoms with Gasteiger partial charge in [0.2, 0.25) is 0 Å². The molecule has 3 rings (SSSR count). The molecule has 3 aromatic carbocycles. The fourth-order valence-corrected chi connectivity index (χ4v) is 7.11. The smallest absolute Gasteiger partial charge is 0.0624 e. The zero-order valence-corrected chi connectivity index (χ0v) is 25.4. The van der Waals surface area contributed by atoms with E-state index in [1.54, 1.807) is 0 Å². The number of rotatable bonds is 3. The molecule has 35 heavy (non-hydrogen) atoms. The molecule has 0 N–H and O–H groups in total. The molecular weight excluding hydrogens is 436 g/mol. The molecule has 187 valence electrons. The molecule has 0 spiro atoms. The Morgan fingerprint density at radius 2 is 0.657 bits per heavy atom. The summed E-state index contributed by atoms with van der Waals surface area (Å²) in [6.45, 7) is 28.1. The van der Waals surface area contributed by atoms with E-state index in [9.17, 15) is 0 Å². The molecule has 0 aliphatic rings. The topological polar surface area (TPSA) is 0 Å². The molecule has 0 aromatic heterocycles. The van der Waals surface area contributed by atoms with Crippen LogP contribution in [0, 0.1) is 0 Å². The van der Waals surface area contributed by atoms with Crippen LogP contribution in [0.1, 0.15) is 105 Å². The molecule has 0 unspecified atom stereocenters. The molecule has 0 fully saturated rings. The van der Waals surface area contributed by atoms with Gasteiger partial charge in [-0.1, -0.05) is 165 Å². The van der Waals surface area contributed by atoms with Crippen LogP contribution in [-0.4, -0.2) is 8.80 Å². The van der Waals surface area contributed by atoms with Gasteiger partial charge in [0.15, 0.2) is 8.80 Å². The Bertz CT molecular complexity index is 1020. The number of benzene rings is 3. The fraction of sp³-hybridized carbons (Fsp3) is 0.471. The van der Waals surface area contributed by atoms with E-state index in [0.29, 0.717) is 0 Å². The van der Waals surface area contributed by atoms with Crippen LogP contribution in [0.4, 0.5) is 0 Å². The van der Waals surface area contributed by atoms with Gasteiger partial charge in [-0.25, -0.2) is 0 Å². The first kappa shape index (κ1) is 27.5. The third-order valence-corrected chi connectivity index (χ3v) is 9.61. The average Bonchev–Trinajstić information content (AvgIpc) is 2.72. The minimum absolute atomic E-state index is 0.101. The standard InChI is InChI=1S/C34H47Si/c1-31(2,3)24-18-25(32(4,5)6)21-29(20-24)35(28-16-14-13-15-17-28)30-22-26(33(7,8)9)19-27(23-30)34(10,11)12/h13-23H,1-12H3. The van der Waals surface area contributed by atoms with Crippen molar-refractivity contribution in [3.63, 3.8) is 0 Å². The van der Waals surface area contributed by atoms with Crippen LogP contribution in [0.5, 0.6) is 0 Å². The summed E-state index contributed by atoms with van der Waals surface area (Å²) in [6.07, 6.45) is 0. The predicted molar refractivity (Wildman–Crippen MR) is 159 cm³/mol.